The van der Waals surface area contributed by atoms with Crippen molar-refractivity contribution in [3.8, 4) is 5.75 Å². The first-order valence-electron chi connectivity index (χ1n) is 11.3. The minimum absolute atomic E-state index is 0.0741. The second kappa shape index (κ2) is 8.01. The van der Waals surface area contributed by atoms with E-state index < -0.39 is 5.54 Å². The quantitative estimate of drug-likeness (QED) is 0.680. The third-order valence-electron chi connectivity index (χ3n) is 7.11. The molecule has 1 N–H and O–H groups in total. The van der Waals surface area contributed by atoms with Gasteiger partial charge in [0, 0.05) is 24.2 Å². The first-order chi connectivity index (χ1) is 15.5. The smallest absolute Gasteiger partial charge is 0.243 e. The maximum absolute atomic E-state index is 13.8. The van der Waals surface area contributed by atoms with Gasteiger partial charge >= 0.3 is 0 Å². The number of nitrogens with one attached hydrogen (secondary N) is 1. The topological polar surface area (TPSA) is 63.6 Å². The Balaban J connectivity index is 1.52. The number of aromatic nitrogens is 1. The van der Waals surface area contributed by atoms with E-state index in [9.17, 15) is 9.59 Å². The number of piperidine rings is 1. The molecule has 2 aliphatic heterocycles. The number of fused-ring (bicyclic) bond motifs is 1. The fourth-order valence-electron chi connectivity index (χ4n) is 5.60. The largest absolute Gasteiger partial charge is 0.497 e. The molecule has 0 radical (unpaired) electrons. The summed E-state index contributed by atoms with van der Waals surface area (Å²) in [4.78, 5) is 28.0. The summed E-state index contributed by atoms with van der Waals surface area (Å²) in [6, 6.07) is 18.0. The number of likely N-dealkylation sites (tertiary alicyclic amines) is 1. The Bertz CT molecular complexity index is 1170. The number of benzene rings is 2. The van der Waals surface area contributed by atoms with E-state index in [0.29, 0.717) is 13.0 Å². The molecule has 2 fully saturated rings. The van der Waals surface area contributed by atoms with Crippen molar-refractivity contribution in [3.05, 3.63) is 65.9 Å². The fourth-order valence-corrected chi connectivity index (χ4v) is 5.60. The highest BCUT2D eigenvalue weighted by molar-refractivity contribution is 5.85. The monoisotopic (exact) mass is 431 g/mol. The van der Waals surface area contributed by atoms with Crippen LogP contribution < -0.4 is 10.1 Å². The van der Waals surface area contributed by atoms with Gasteiger partial charge in [0.05, 0.1) is 18.7 Å². The number of para-hydroxylation sites is 1. The molecule has 1 spiro atoms. The van der Waals surface area contributed by atoms with Crippen molar-refractivity contribution < 1.29 is 14.3 Å². The number of rotatable bonds is 4. The van der Waals surface area contributed by atoms with E-state index >= 15 is 0 Å². The van der Waals surface area contributed by atoms with Gasteiger partial charge in [-0.25, -0.2) is 0 Å². The second-order valence-corrected chi connectivity index (χ2v) is 9.00. The molecule has 2 amide bonds. The number of amides is 2. The first-order valence-corrected chi connectivity index (χ1v) is 11.3. The standard InChI is InChI=1S/C26H29N3O3/c1-18-16-20-6-3-4-7-22(20)29(18)17-24(31)28-15-5-13-26(14-12-23(30)27-26)25(28)19-8-10-21(32-2)11-9-19/h3-4,6-11,16,25H,5,12-15,17H2,1-2H3,(H,27,30)/t25-,26+/m1/s1. The van der Waals surface area contributed by atoms with Crippen LogP contribution in [0.3, 0.4) is 0 Å². The lowest BCUT2D eigenvalue weighted by Crippen LogP contribution is -2.58. The summed E-state index contributed by atoms with van der Waals surface area (Å²) in [5, 5.41) is 4.40. The van der Waals surface area contributed by atoms with Crippen molar-refractivity contribution in [2.24, 2.45) is 0 Å². The molecular formula is C26H29N3O3. The normalized spacial score (nSPS) is 23.0. The number of aryl methyl sites for hydroxylation is 1. The minimum atomic E-state index is -0.409. The van der Waals surface area contributed by atoms with Gasteiger partial charge in [0.15, 0.2) is 0 Å². The van der Waals surface area contributed by atoms with Crippen LogP contribution in [0.2, 0.25) is 0 Å². The average Bonchev–Trinajstić information content (AvgIpc) is 3.33. The number of hydrogen-bond acceptors (Lipinski definition) is 3. The van der Waals surface area contributed by atoms with Gasteiger partial charge in [0.25, 0.3) is 0 Å². The van der Waals surface area contributed by atoms with Crippen LogP contribution in [-0.4, -0.2) is 40.5 Å². The second-order valence-electron chi connectivity index (χ2n) is 9.00. The van der Waals surface area contributed by atoms with Crippen LogP contribution in [0.25, 0.3) is 10.9 Å². The van der Waals surface area contributed by atoms with E-state index in [4.69, 9.17) is 4.74 Å². The summed E-state index contributed by atoms with van der Waals surface area (Å²) in [5.74, 6) is 0.932. The van der Waals surface area contributed by atoms with Crippen molar-refractivity contribution >= 4 is 22.7 Å². The van der Waals surface area contributed by atoms with Gasteiger partial charge in [-0.1, -0.05) is 30.3 Å². The number of hydrogen-bond donors (Lipinski definition) is 1. The maximum Gasteiger partial charge on any atom is 0.243 e. The van der Waals surface area contributed by atoms with Crippen molar-refractivity contribution in [1.82, 2.24) is 14.8 Å². The highest BCUT2D eigenvalue weighted by atomic mass is 16.5. The Labute approximate surface area is 188 Å². The number of carbonyl (C=O) groups excluding carboxylic acids is 2. The third kappa shape index (κ3) is 3.44. The highest BCUT2D eigenvalue weighted by Crippen LogP contribution is 2.45. The number of ether oxygens (including phenoxy) is 1. The van der Waals surface area contributed by atoms with Crippen LogP contribution in [-0.2, 0) is 16.1 Å². The summed E-state index contributed by atoms with van der Waals surface area (Å²) in [6.07, 6.45) is 3.02. The van der Waals surface area contributed by atoms with Crippen molar-refractivity contribution in [2.45, 2.75) is 50.7 Å². The van der Waals surface area contributed by atoms with Crippen LogP contribution in [0.5, 0.6) is 5.75 Å². The lowest BCUT2D eigenvalue weighted by Gasteiger charge is -2.48. The van der Waals surface area contributed by atoms with Crippen LogP contribution in [0.1, 0.15) is 43.0 Å². The first kappa shape index (κ1) is 20.6. The van der Waals surface area contributed by atoms with Crippen molar-refractivity contribution in [3.63, 3.8) is 0 Å². The molecule has 3 heterocycles. The summed E-state index contributed by atoms with van der Waals surface area (Å²) < 4.78 is 7.43. The van der Waals surface area contributed by atoms with E-state index in [1.165, 1.54) is 0 Å². The van der Waals surface area contributed by atoms with E-state index in [0.717, 1.165) is 47.2 Å². The van der Waals surface area contributed by atoms with E-state index in [2.05, 4.69) is 28.1 Å². The zero-order valence-electron chi connectivity index (χ0n) is 18.6. The molecule has 0 aliphatic carbocycles. The van der Waals surface area contributed by atoms with Gasteiger partial charge in [-0.05, 0) is 61.4 Å². The molecule has 0 bridgehead atoms. The van der Waals surface area contributed by atoms with Gasteiger partial charge in [0.1, 0.15) is 12.3 Å². The SMILES string of the molecule is COc1ccc([C@H]2N(C(=O)Cn3c(C)cc4ccccc43)CCC[C@]23CCC(=O)N3)cc1. The number of methoxy groups -OCH3 is 1. The van der Waals surface area contributed by atoms with Crippen LogP contribution >= 0.6 is 0 Å². The lowest BCUT2D eigenvalue weighted by molar-refractivity contribution is -0.139. The predicted octanol–water partition coefficient (Wildman–Crippen LogP) is 3.97. The minimum Gasteiger partial charge on any atom is -0.497 e. The van der Waals surface area contributed by atoms with Crippen molar-refractivity contribution in [1.29, 1.82) is 0 Å². The summed E-state index contributed by atoms with van der Waals surface area (Å²) in [6.45, 7) is 3.02. The van der Waals surface area contributed by atoms with E-state index in [1.807, 2.05) is 48.2 Å². The zero-order valence-corrected chi connectivity index (χ0v) is 18.6. The molecule has 2 aromatic carbocycles. The van der Waals surface area contributed by atoms with Crippen molar-refractivity contribution in [2.75, 3.05) is 13.7 Å². The molecule has 3 aromatic rings. The Morgan fingerprint density at radius 2 is 1.94 bits per heavy atom. The number of carbonyl (C=O) groups is 2. The summed E-state index contributed by atoms with van der Waals surface area (Å²) in [5.41, 5.74) is 2.77. The van der Waals surface area contributed by atoms with Gasteiger partial charge in [-0.3, -0.25) is 9.59 Å². The van der Waals surface area contributed by atoms with Crippen LogP contribution in [0.15, 0.2) is 54.6 Å². The van der Waals surface area contributed by atoms with Gasteiger partial charge < -0.3 is 19.5 Å². The van der Waals surface area contributed by atoms with Gasteiger partial charge in [-0.15, -0.1) is 0 Å². The molecule has 6 nitrogen and oxygen atoms in total. The molecule has 2 saturated heterocycles. The molecule has 0 saturated carbocycles. The Hall–Kier alpha value is -3.28. The molecule has 6 heteroatoms. The molecule has 0 unspecified atom stereocenters. The molecule has 2 aliphatic rings. The molecular weight excluding hydrogens is 402 g/mol. The van der Waals surface area contributed by atoms with Gasteiger partial charge in [0.2, 0.25) is 11.8 Å². The van der Waals surface area contributed by atoms with Gasteiger partial charge in [-0.2, -0.15) is 0 Å². The maximum atomic E-state index is 13.8. The molecule has 5 rings (SSSR count). The summed E-state index contributed by atoms with van der Waals surface area (Å²) >= 11 is 0. The Morgan fingerprint density at radius 3 is 2.66 bits per heavy atom. The molecule has 1 aromatic heterocycles. The van der Waals surface area contributed by atoms with E-state index in [-0.39, 0.29) is 24.4 Å². The average molecular weight is 432 g/mol. The zero-order chi connectivity index (χ0) is 22.3. The van der Waals surface area contributed by atoms with E-state index in [1.54, 1.807) is 7.11 Å². The summed E-state index contributed by atoms with van der Waals surface area (Å²) in [7, 11) is 1.65. The third-order valence-corrected chi connectivity index (χ3v) is 7.11. The van der Waals surface area contributed by atoms with Crippen LogP contribution in [0.4, 0.5) is 0 Å². The predicted molar refractivity (Wildman–Crippen MR) is 123 cm³/mol. The Morgan fingerprint density at radius 1 is 1.16 bits per heavy atom. The highest BCUT2D eigenvalue weighted by Gasteiger charge is 2.50. The Kier molecular flexibility index (Phi) is 5.16. The molecule has 166 valence electrons. The fraction of sp³-hybridized carbons (Fsp3) is 0.385. The lowest BCUT2D eigenvalue weighted by atomic mass is 9.76. The van der Waals surface area contributed by atoms with Crippen LogP contribution in [0, 0.1) is 6.92 Å². The number of nitrogens with zero attached hydrogens (tertiary/aromatic N) is 2. The molecule has 32 heavy (non-hydrogen) atoms. The molecule has 2 atom stereocenters.